The van der Waals surface area contributed by atoms with E-state index in [0.717, 1.165) is 5.56 Å². The maximum absolute atomic E-state index is 13.4. The van der Waals surface area contributed by atoms with Gasteiger partial charge < -0.3 is 25.0 Å². The molecule has 2 saturated heterocycles. The molecular formula is C26H37N3O6. The van der Waals surface area contributed by atoms with Gasteiger partial charge in [-0.25, -0.2) is 9.59 Å². The zero-order chi connectivity index (χ0) is 26.0. The number of nitrogens with one attached hydrogen (secondary N) is 2. The van der Waals surface area contributed by atoms with Crippen LogP contribution in [0.1, 0.15) is 66.4 Å². The molecule has 0 bridgehead atoms. The smallest absolute Gasteiger partial charge is 0.408 e. The molecule has 9 nitrogen and oxygen atoms in total. The number of nitrogens with zero attached hydrogens (tertiary/aromatic N) is 1. The van der Waals surface area contributed by atoms with Gasteiger partial charge in [-0.05, 0) is 65.4 Å². The van der Waals surface area contributed by atoms with Gasteiger partial charge in [0.15, 0.2) is 0 Å². The van der Waals surface area contributed by atoms with Crippen LogP contribution >= 0.6 is 0 Å². The van der Waals surface area contributed by atoms with Crippen molar-refractivity contribution in [1.82, 2.24) is 15.5 Å². The van der Waals surface area contributed by atoms with Crippen LogP contribution < -0.4 is 10.6 Å². The minimum absolute atomic E-state index is 0.0715. The third kappa shape index (κ3) is 6.52. The standard InChI is InChI=1S/C26H37N3O6/c1-16-14-18(27-23(32)26(5,6)28-24(33)35-25(2,3)4)21(30)29-19(16)12-13-20(29)22(31)34-15-17-10-8-7-9-11-17/h7-11,16,18-20H,12-15H2,1-6H3,(H,27,32)(H,28,33). The molecular weight excluding hydrogens is 450 g/mol. The first-order chi connectivity index (χ1) is 16.3. The predicted molar refractivity (Wildman–Crippen MR) is 129 cm³/mol. The first-order valence-corrected chi connectivity index (χ1v) is 12.1. The van der Waals surface area contributed by atoms with Crippen molar-refractivity contribution in [3.8, 4) is 0 Å². The second kappa shape index (κ2) is 10.3. The van der Waals surface area contributed by atoms with Crippen molar-refractivity contribution in [2.75, 3.05) is 0 Å². The fourth-order valence-corrected chi connectivity index (χ4v) is 4.65. The van der Waals surface area contributed by atoms with E-state index in [1.807, 2.05) is 37.3 Å². The molecule has 35 heavy (non-hydrogen) atoms. The predicted octanol–water partition coefficient (Wildman–Crippen LogP) is 2.92. The molecule has 4 atom stereocenters. The van der Waals surface area contributed by atoms with Crippen LogP contribution in [0.5, 0.6) is 0 Å². The Bertz CT molecular complexity index is 956. The van der Waals surface area contributed by atoms with Crippen LogP contribution in [-0.2, 0) is 30.5 Å². The Kier molecular flexibility index (Phi) is 7.77. The second-order valence-corrected chi connectivity index (χ2v) is 11.0. The number of benzene rings is 1. The lowest BCUT2D eigenvalue weighted by Gasteiger charge is -2.42. The van der Waals surface area contributed by atoms with Crippen LogP contribution in [0, 0.1) is 5.92 Å². The molecule has 2 heterocycles. The molecule has 2 N–H and O–H groups in total. The number of carbonyl (C=O) groups is 4. The Morgan fingerprint density at radius 2 is 1.71 bits per heavy atom. The molecule has 3 amide bonds. The summed E-state index contributed by atoms with van der Waals surface area (Å²) in [6.07, 6.45) is 0.979. The molecule has 3 rings (SSSR count). The van der Waals surface area contributed by atoms with E-state index in [9.17, 15) is 19.2 Å². The van der Waals surface area contributed by atoms with Crippen molar-refractivity contribution in [3.05, 3.63) is 35.9 Å². The zero-order valence-corrected chi connectivity index (χ0v) is 21.4. The number of alkyl carbamates (subject to hydrolysis) is 1. The number of hydrogen-bond acceptors (Lipinski definition) is 6. The van der Waals surface area contributed by atoms with E-state index in [2.05, 4.69) is 10.6 Å². The molecule has 0 spiro atoms. The summed E-state index contributed by atoms with van der Waals surface area (Å²) < 4.78 is 10.8. The molecule has 2 aliphatic heterocycles. The summed E-state index contributed by atoms with van der Waals surface area (Å²) in [4.78, 5) is 53.1. The van der Waals surface area contributed by atoms with Gasteiger partial charge in [0.1, 0.15) is 29.8 Å². The number of ether oxygens (including phenoxy) is 2. The molecule has 0 aliphatic carbocycles. The van der Waals surface area contributed by atoms with Crippen LogP contribution in [0.25, 0.3) is 0 Å². The minimum Gasteiger partial charge on any atom is -0.459 e. The summed E-state index contributed by atoms with van der Waals surface area (Å²) >= 11 is 0. The Hall–Kier alpha value is -3.10. The Morgan fingerprint density at radius 1 is 1.06 bits per heavy atom. The third-order valence-corrected chi connectivity index (χ3v) is 6.43. The highest BCUT2D eigenvalue weighted by Crippen LogP contribution is 2.36. The van der Waals surface area contributed by atoms with Crippen LogP contribution in [0.3, 0.4) is 0 Å². The summed E-state index contributed by atoms with van der Waals surface area (Å²) in [6.45, 7) is 10.4. The first-order valence-electron chi connectivity index (χ1n) is 12.1. The lowest BCUT2D eigenvalue weighted by Crippen LogP contribution is -2.64. The lowest BCUT2D eigenvalue weighted by atomic mass is 9.87. The molecule has 4 unspecified atom stereocenters. The van der Waals surface area contributed by atoms with Crippen molar-refractivity contribution >= 4 is 23.9 Å². The number of esters is 1. The lowest BCUT2D eigenvalue weighted by molar-refractivity contribution is -0.159. The van der Waals surface area contributed by atoms with Crippen LogP contribution in [0.15, 0.2) is 30.3 Å². The van der Waals surface area contributed by atoms with Crippen LogP contribution in [-0.4, -0.2) is 58.0 Å². The molecule has 9 heteroatoms. The molecule has 2 aliphatic rings. The van der Waals surface area contributed by atoms with Crippen molar-refractivity contribution in [3.63, 3.8) is 0 Å². The number of hydrogen-bond donors (Lipinski definition) is 2. The number of fused-ring (bicyclic) bond motifs is 1. The van der Waals surface area contributed by atoms with Gasteiger partial charge in [-0.2, -0.15) is 0 Å². The second-order valence-electron chi connectivity index (χ2n) is 11.0. The van der Waals surface area contributed by atoms with Crippen molar-refractivity contribution in [2.24, 2.45) is 5.92 Å². The molecule has 192 valence electrons. The molecule has 1 aromatic carbocycles. The Balaban J connectivity index is 1.64. The van der Waals surface area contributed by atoms with Gasteiger partial charge in [0, 0.05) is 6.04 Å². The average molecular weight is 488 g/mol. The number of amides is 3. The fourth-order valence-electron chi connectivity index (χ4n) is 4.65. The summed E-state index contributed by atoms with van der Waals surface area (Å²) in [5, 5.41) is 5.35. The summed E-state index contributed by atoms with van der Waals surface area (Å²) in [5.41, 5.74) is -1.14. The third-order valence-electron chi connectivity index (χ3n) is 6.43. The van der Waals surface area contributed by atoms with Gasteiger partial charge in [-0.3, -0.25) is 9.59 Å². The van der Waals surface area contributed by atoms with Crippen LogP contribution in [0.4, 0.5) is 4.79 Å². The number of carbonyl (C=O) groups excluding carboxylic acids is 4. The van der Waals surface area contributed by atoms with E-state index >= 15 is 0 Å². The number of rotatable bonds is 6. The van der Waals surface area contributed by atoms with Gasteiger partial charge in [0.25, 0.3) is 0 Å². The van der Waals surface area contributed by atoms with E-state index in [4.69, 9.17) is 9.47 Å². The quantitative estimate of drug-likeness (QED) is 0.597. The topological polar surface area (TPSA) is 114 Å². The van der Waals surface area contributed by atoms with Gasteiger partial charge in [-0.15, -0.1) is 0 Å². The SMILES string of the molecule is CC1CC(NC(=O)C(C)(C)NC(=O)OC(C)(C)C)C(=O)N2C(C(=O)OCc3ccccc3)CCC12. The van der Waals surface area contributed by atoms with E-state index < -0.39 is 41.2 Å². The highest BCUT2D eigenvalue weighted by molar-refractivity contribution is 5.95. The van der Waals surface area contributed by atoms with E-state index in [1.54, 1.807) is 39.5 Å². The number of piperidine rings is 1. The molecule has 2 fully saturated rings. The highest BCUT2D eigenvalue weighted by Gasteiger charge is 2.50. The van der Waals surface area contributed by atoms with Crippen molar-refractivity contribution < 1.29 is 28.7 Å². The average Bonchev–Trinajstić information content (AvgIpc) is 3.20. The largest absolute Gasteiger partial charge is 0.459 e. The zero-order valence-electron chi connectivity index (χ0n) is 21.4. The van der Waals surface area contributed by atoms with E-state index in [-0.39, 0.29) is 24.5 Å². The minimum atomic E-state index is -1.30. The molecule has 0 aromatic heterocycles. The summed E-state index contributed by atoms with van der Waals surface area (Å²) in [5.74, 6) is -1.15. The van der Waals surface area contributed by atoms with E-state index in [1.165, 1.54) is 0 Å². The normalized spacial score (nSPS) is 24.4. The van der Waals surface area contributed by atoms with Crippen molar-refractivity contribution in [2.45, 2.75) is 96.7 Å². The van der Waals surface area contributed by atoms with Crippen LogP contribution in [0.2, 0.25) is 0 Å². The monoisotopic (exact) mass is 487 g/mol. The maximum Gasteiger partial charge on any atom is 0.408 e. The van der Waals surface area contributed by atoms with Gasteiger partial charge >= 0.3 is 12.1 Å². The molecule has 1 aromatic rings. The Morgan fingerprint density at radius 3 is 2.34 bits per heavy atom. The Labute approximate surface area is 206 Å². The van der Waals surface area contributed by atoms with Crippen molar-refractivity contribution in [1.29, 1.82) is 0 Å². The van der Waals surface area contributed by atoms with E-state index in [0.29, 0.717) is 19.3 Å². The van der Waals surface area contributed by atoms with Gasteiger partial charge in [0.2, 0.25) is 11.8 Å². The van der Waals surface area contributed by atoms with Gasteiger partial charge in [-0.1, -0.05) is 37.3 Å². The molecule has 0 radical (unpaired) electrons. The molecule has 0 saturated carbocycles. The summed E-state index contributed by atoms with van der Waals surface area (Å²) in [6, 6.07) is 7.84. The summed E-state index contributed by atoms with van der Waals surface area (Å²) in [7, 11) is 0. The van der Waals surface area contributed by atoms with Gasteiger partial charge in [0.05, 0.1) is 0 Å². The first kappa shape index (κ1) is 26.5. The highest BCUT2D eigenvalue weighted by atomic mass is 16.6. The maximum atomic E-state index is 13.4. The fraction of sp³-hybridized carbons (Fsp3) is 0.615.